The third-order valence-electron chi connectivity index (χ3n) is 5.87. The molecular formula is C28H30O2Si. The van der Waals surface area contributed by atoms with Crippen LogP contribution in [0.2, 0.25) is 5.04 Å². The molecule has 4 aromatic rings. The van der Waals surface area contributed by atoms with Gasteiger partial charge in [0.05, 0.1) is 6.61 Å². The highest BCUT2D eigenvalue weighted by molar-refractivity contribution is 7.00. The quantitative estimate of drug-likeness (QED) is 0.356. The van der Waals surface area contributed by atoms with Crippen molar-refractivity contribution in [1.82, 2.24) is 0 Å². The first-order valence-corrected chi connectivity index (χ1v) is 12.7. The molecule has 0 aliphatic carbocycles. The van der Waals surface area contributed by atoms with Crippen molar-refractivity contribution in [1.29, 1.82) is 0 Å². The highest BCUT2D eigenvalue weighted by Crippen LogP contribution is 2.38. The molecule has 0 aromatic heterocycles. The molecule has 4 aromatic carbocycles. The number of ether oxygens (including phenoxy) is 1. The number of hydrogen-bond acceptors (Lipinski definition) is 2. The largest absolute Gasteiger partial charge is 0.534 e. The van der Waals surface area contributed by atoms with Gasteiger partial charge in [0.25, 0.3) is 0 Å². The van der Waals surface area contributed by atoms with Crippen LogP contribution in [-0.2, 0) is 11.3 Å². The monoisotopic (exact) mass is 426 g/mol. The zero-order valence-corrected chi connectivity index (χ0v) is 19.8. The van der Waals surface area contributed by atoms with E-state index in [9.17, 15) is 0 Å². The van der Waals surface area contributed by atoms with E-state index in [2.05, 4.69) is 118 Å². The van der Waals surface area contributed by atoms with Crippen LogP contribution in [0.3, 0.4) is 0 Å². The molecule has 4 rings (SSSR count). The van der Waals surface area contributed by atoms with Gasteiger partial charge in [-0.05, 0) is 49.9 Å². The van der Waals surface area contributed by atoms with E-state index in [1.54, 1.807) is 7.11 Å². The molecular weight excluding hydrogens is 396 g/mol. The zero-order valence-electron chi connectivity index (χ0n) is 18.8. The summed E-state index contributed by atoms with van der Waals surface area (Å²) in [5.74, 6) is 0.918. The maximum absolute atomic E-state index is 7.14. The first-order valence-electron chi connectivity index (χ1n) is 10.8. The van der Waals surface area contributed by atoms with Gasteiger partial charge in [-0.3, -0.25) is 0 Å². The molecule has 0 aliphatic rings. The van der Waals surface area contributed by atoms with Crippen molar-refractivity contribution in [2.75, 3.05) is 7.11 Å². The van der Waals surface area contributed by atoms with E-state index < -0.39 is 8.32 Å². The Labute approximate surface area is 186 Å². The Morgan fingerprint density at radius 3 is 1.77 bits per heavy atom. The van der Waals surface area contributed by atoms with Crippen molar-refractivity contribution in [2.45, 2.75) is 32.4 Å². The van der Waals surface area contributed by atoms with Crippen LogP contribution < -0.4 is 14.8 Å². The minimum atomic E-state index is -2.62. The van der Waals surface area contributed by atoms with Gasteiger partial charge in [0.2, 0.25) is 0 Å². The molecule has 0 atom stereocenters. The normalized spacial score (nSPS) is 12.1. The summed E-state index contributed by atoms with van der Waals surface area (Å²) in [6.45, 7) is 7.53. The van der Waals surface area contributed by atoms with Crippen molar-refractivity contribution in [3.8, 4) is 5.75 Å². The average Bonchev–Trinajstić information content (AvgIpc) is 2.78. The first-order chi connectivity index (χ1) is 14.9. The van der Waals surface area contributed by atoms with Crippen LogP contribution in [0.4, 0.5) is 0 Å². The molecule has 3 heteroatoms. The van der Waals surface area contributed by atoms with Gasteiger partial charge in [0.1, 0.15) is 5.75 Å². The summed E-state index contributed by atoms with van der Waals surface area (Å²) in [6.07, 6.45) is 0. The summed E-state index contributed by atoms with van der Waals surface area (Å²) < 4.78 is 12.4. The maximum Gasteiger partial charge on any atom is 0.319 e. The maximum atomic E-state index is 7.14. The number of methoxy groups -OCH3 is 1. The lowest BCUT2D eigenvalue weighted by Gasteiger charge is -2.43. The van der Waals surface area contributed by atoms with Crippen LogP contribution in [0, 0.1) is 0 Å². The molecule has 2 nitrogen and oxygen atoms in total. The number of rotatable bonds is 6. The van der Waals surface area contributed by atoms with Gasteiger partial charge in [0.15, 0.2) is 0 Å². The standard InChI is InChI=1S/C28H30O2Si/c1-28(2,3)31(26-11-7-5-8-12-26,27-13-9-6-10-14-27)30-25-18-17-23-19-22(21-29-4)15-16-24(23)20-25/h5-20H,21H2,1-4H3. The van der Waals surface area contributed by atoms with Gasteiger partial charge >= 0.3 is 8.32 Å². The average molecular weight is 427 g/mol. The molecule has 0 saturated carbocycles. The van der Waals surface area contributed by atoms with Crippen LogP contribution >= 0.6 is 0 Å². The van der Waals surface area contributed by atoms with Gasteiger partial charge in [-0.25, -0.2) is 0 Å². The van der Waals surface area contributed by atoms with E-state index in [0.717, 1.165) is 5.75 Å². The van der Waals surface area contributed by atoms with E-state index in [0.29, 0.717) is 6.61 Å². The van der Waals surface area contributed by atoms with Gasteiger partial charge in [-0.15, -0.1) is 0 Å². The van der Waals surface area contributed by atoms with Crippen molar-refractivity contribution >= 4 is 29.5 Å². The number of benzene rings is 4. The molecule has 0 heterocycles. The second-order valence-corrected chi connectivity index (χ2v) is 13.3. The fourth-order valence-electron chi connectivity index (χ4n) is 4.42. The Morgan fingerprint density at radius 1 is 0.677 bits per heavy atom. The lowest BCUT2D eigenvalue weighted by Crippen LogP contribution is -2.68. The Balaban J connectivity index is 1.86. The predicted octanol–water partition coefficient (Wildman–Crippen LogP) is 5.93. The molecule has 0 radical (unpaired) electrons. The second kappa shape index (κ2) is 8.70. The predicted molar refractivity (Wildman–Crippen MR) is 133 cm³/mol. The molecule has 0 amide bonds. The molecule has 0 unspecified atom stereocenters. The van der Waals surface area contributed by atoms with Crippen LogP contribution in [0.15, 0.2) is 97.1 Å². The summed E-state index contributed by atoms with van der Waals surface area (Å²) in [5, 5.41) is 4.88. The fourth-order valence-corrected chi connectivity index (χ4v) is 8.83. The summed E-state index contributed by atoms with van der Waals surface area (Å²) in [5.41, 5.74) is 1.18. The van der Waals surface area contributed by atoms with E-state index in [1.807, 2.05) is 0 Å². The SMILES string of the molecule is COCc1ccc2cc(O[Si](c3ccccc3)(c3ccccc3)C(C)(C)C)ccc2c1. The number of hydrogen-bond donors (Lipinski definition) is 0. The molecule has 0 aliphatic heterocycles. The number of fused-ring (bicyclic) bond motifs is 1. The smallest absolute Gasteiger partial charge is 0.319 e. The van der Waals surface area contributed by atoms with E-state index in [4.69, 9.17) is 9.16 Å². The van der Waals surface area contributed by atoms with Crippen molar-refractivity contribution < 1.29 is 9.16 Å². The molecule has 0 bridgehead atoms. The van der Waals surface area contributed by atoms with Crippen LogP contribution in [-0.4, -0.2) is 15.4 Å². The highest BCUT2D eigenvalue weighted by atomic mass is 28.4. The van der Waals surface area contributed by atoms with Crippen LogP contribution in [0.5, 0.6) is 5.75 Å². The molecule has 0 saturated heterocycles. The Morgan fingerprint density at radius 2 is 1.23 bits per heavy atom. The van der Waals surface area contributed by atoms with Crippen molar-refractivity contribution in [3.63, 3.8) is 0 Å². The minimum Gasteiger partial charge on any atom is -0.534 e. The van der Waals surface area contributed by atoms with Crippen LogP contribution in [0.25, 0.3) is 10.8 Å². The lowest BCUT2D eigenvalue weighted by molar-refractivity contribution is 0.185. The fraction of sp³-hybridized carbons (Fsp3) is 0.214. The Hall–Kier alpha value is -2.88. The summed E-state index contributed by atoms with van der Waals surface area (Å²) in [4.78, 5) is 0. The Bertz CT molecular complexity index is 1110. The van der Waals surface area contributed by atoms with Gasteiger partial charge in [-0.1, -0.05) is 99.6 Å². The van der Waals surface area contributed by atoms with E-state index >= 15 is 0 Å². The zero-order chi connectivity index (χ0) is 21.9. The first kappa shape index (κ1) is 21.4. The summed E-state index contributed by atoms with van der Waals surface area (Å²) >= 11 is 0. The lowest BCUT2D eigenvalue weighted by atomic mass is 10.1. The summed E-state index contributed by atoms with van der Waals surface area (Å²) in [6, 6.07) is 34.4. The molecule has 0 N–H and O–H groups in total. The Kier molecular flexibility index (Phi) is 5.99. The minimum absolute atomic E-state index is 0.0625. The third-order valence-corrected chi connectivity index (χ3v) is 10.8. The van der Waals surface area contributed by atoms with E-state index in [-0.39, 0.29) is 5.04 Å². The third kappa shape index (κ3) is 4.16. The van der Waals surface area contributed by atoms with Crippen molar-refractivity contribution in [3.05, 3.63) is 103 Å². The van der Waals surface area contributed by atoms with Crippen molar-refractivity contribution in [2.24, 2.45) is 0 Å². The van der Waals surface area contributed by atoms with Gasteiger partial charge in [0, 0.05) is 7.11 Å². The summed E-state index contributed by atoms with van der Waals surface area (Å²) in [7, 11) is -0.894. The molecule has 0 spiro atoms. The van der Waals surface area contributed by atoms with E-state index in [1.165, 1.54) is 26.7 Å². The molecule has 0 fully saturated rings. The highest BCUT2D eigenvalue weighted by Gasteiger charge is 2.52. The van der Waals surface area contributed by atoms with Gasteiger partial charge in [-0.2, -0.15) is 0 Å². The molecule has 158 valence electrons. The molecule has 31 heavy (non-hydrogen) atoms. The topological polar surface area (TPSA) is 18.5 Å². The van der Waals surface area contributed by atoms with Crippen LogP contribution in [0.1, 0.15) is 26.3 Å². The second-order valence-electron chi connectivity index (χ2n) is 9.04. The van der Waals surface area contributed by atoms with Gasteiger partial charge < -0.3 is 9.16 Å².